The summed E-state index contributed by atoms with van der Waals surface area (Å²) in [5.74, 6) is 0.370. The lowest BCUT2D eigenvalue weighted by Gasteiger charge is -2.21. The monoisotopic (exact) mass is 316 g/mol. The number of nitrogens with one attached hydrogen (secondary N) is 2. The Kier molecular flexibility index (Phi) is 5.38. The number of carbonyl (C=O) groups is 1. The summed E-state index contributed by atoms with van der Waals surface area (Å²) in [6, 6.07) is 2.52. The Balaban J connectivity index is 1.88. The zero-order chi connectivity index (χ0) is 14.5. The van der Waals surface area contributed by atoms with Crippen LogP contribution in [0.4, 0.5) is 10.5 Å². The predicted octanol–water partition coefficient (Wildman–Crippen LogP) is 4.40. The SMILES string of the molecule is O=C(NCC1CCCCC1)Nc1cc(Cl)cc(Cl)c1O. The van der Waals surface area contributed by atoms with Gasteiger partial charge in [0.05, 0.1) is 10.7 Å². The number of phenols is 1. The molecule has 1 fully saturated rings. The number of carbonyl (C=O) groups excluding carboxylic acids is 1. The highest BCUT2D eigenvalue weighted by molar-refractivity contribution is 6.36. The van der Waals surface area contributed by atoms with Gasteiger partial charge in [0, 0.05) is 11.6 Å². The van der Waals surface area contributed by atoms with E-state index in [-0.39, 0.29) is 22.5 Å². The van der Waals surface area contributed by atoms with Crippen molar-refractivity contribution in [3.63, 3.8) is 0 Å². The van der Waals surface area contributed by atoms with Gasteiger partial charge in [-0.3, -0.25) is 0 Å². The van der Waals surface area contributed by atoms with Crippen LogP contribution in [0.5, 0.6) is 5.75 Å². The fourth-order valence-corrected chi connectivity index (χ4v) is 2.95. The summed E-state index contributed by atoms with van der Waals surface area (Å²) < 4.78 is 0. The second kappa shape index (κ2) is 7.04. The standard InChI is InChI=1S/C14H18Cl2N2O2/c15-10-6-11(16)13(19)12(7-10)18-14(20)17-8-9-4-2-1-3-5-9/h6-7,9,19H,1-5,8H2,(H2,17,18,20). The summed E-state index contributed by atoms with van der Waals surface area (Å²) in [6.07, 6.45) is 6.08. The molecule has 1 aliphatic rings. The third-order valence-electron chi connectivity index (χ3n) is 3.55. The zero-order valence-corrected chi connectivity index (χ0v) is 12.6. The molecule has 110 valence electrons. The molecule has 2 rings (SSSR count). The first-order valence-electron chi connectivity index (χ1n) is 6.79. The first kappa shape index (κ1) is 15.3. The highest BCUT2D eigenvalue weighted by atomic mass is 35.5. The van der Waals surface area contributed by atoms with Gasteiger partial charge in [0.25, 0.3) is 0 Å². The second-order valence-corrected chi connectivity index (χ2v) is 5.97. The minimum atomic E-state index is -0.357. The molecule has 0 bridgehead atoms. The van der Waals surface area contributed by atoms with Crippen LogP contribution in [-0.4, -0.2) is 17.7 Å². The molecule has 6 heteroatoms. The topological polar surface area (TPSA) is 61.4 Å². The number of phenolic OH excluding ortho intramolecular Hbond substituents is 1. The molecule has 0 aliphatic heterocycles. The normalized spacial score (nSPS) is 15.9. The van der Waals surface area contributed by atoms with Crippen LogP contribution >= 0.6 is 23.2 Å². The molecule has 0 heterocycles. The number of hydrogen-bond acceptors (Lipinski definition) is 2. The van der Waals surface area contributed by atoms with Gasteiger partial charge in [-0.1, -0.05) is 42.5 Å². The maximum atomic E-state index is 11.8. The van der Waals surface area contributed by atoms with Gasteiger partial charge in [0.15, 0.2) is 5.75 Å². The summed E-state index contributed by atoms with van der Waals surface area (Å²) in [7, 11) is 0. The van der Waals surface area contributed by atoms with E-state index in [0.717, 1.165) is 12.8 Å². The first-order valence-corrected chi connectivity index (χ1v) is 7.54. The highest BCUT2D eigenvalue weighted by Gasteiger charge is 2.15. The third kappa shape index (κ3) is 4.18. The van der Waals surface area contributed by atoms with E-state index in [2.05, 4.69) is 10.6 Å². The van der Waals surface area contributed by atoms with Crippen molar-refractivity contribution in [3.8, 4) is 5.75 Å². The Morgan fingerprint density at radius 2 is 1.95 bits per heavy atom. The summed E-state index contributed by atoms with van der Waals surface area (Å²) in [5, 5.41) is 15.6. The number of anilines is 1. The molecule has 0 spiro atoms. The van der Waals surface area contributed by atoms with E-state index in [9.17, 15) is 9.90 Å². The number of hydrogen-bond donors (Lipinski definition) is 3. The zero-order valence-electron chi connectivity index (χ0n) is 11.1. The van der Waals surface area contributed by atoms with E-state index in [1.54, 1.807) is 0 Å². The minimum absolute atomic E-state index is 0.111. The Morgan fingerprint density at radius 3 is 2.65 bits per heavy atom. The Morgan fingerprint density at radius 1 is 1.25 bits per heavy atom. The average molecular weight is 317 g/mol. The van der Waals surface area contributed by atoms with Crippen LogP contribution in [0.15, 0.2) is 12.1 Å². The van der Waals surface area contributed by atoms with Crippen LogP contribution in [0.3, 0.4) is 0 Å². The van der Waals surface area contributed by atoms with Crippen LogP contribution in [0.25, 0.3) is 0 Å². The minimum Gasteiger partial charge on any atom is -0.504 e. The molecule has 0 atom stereocenters. The van der Waals surface area contributed by atoms with E-state index in [1.165, 1.54) is 31.4 Å². The lowest BCUT2D eigenvalue weighted by atomic mass is 9.89. The Labute approximate surface area is 128 Å². The van der Waals surface area contributed by atoms with Crippen molar-refractivity contribution in [2.24, 2.45) is 5.92 Å². The number of rotatable bonds is 3. The van der Waals surface area contributed by atoms with Crippen molar-refractivity contribution in [1.82, 2.24) is 5.32 Å². The van der Waals surface area contributed by atoms with E-state index in [1.807, 2.05) is 0 Å². The average Bonchev–Trinajstić information content (AvgIpc) is 2.43. The highest BCUT2D eigenvalue weighted by Crippen LogP contribution is 2.34. The van der Waals surface area contributed by atoms with Crippen LogP contribution < -0.4 is 10.6 Å². The molecular weight excluding hydrogens is 299 g/mol. The largest absolute Gasteiger partial charge is 0.504 e. The van der Waals surface area contributed by atoms with Crippen molar-refractivity contribution in [2.45, 2.75) is 32.1 Å². The number of aromatic hydroxyl groups is 1. The molecule has 1 saturated carbocycles. The molecule has 2 amide bonds. The predicted molar refractivity (Wildman–Crippen MR) is 81.7 cm³/mol. The van der Waals surface area contributed by atoms with Gasteiger partial charge in [0.2, 0.25) is 0 Å². The van der Waals surface area contributed by atoms with E-state index < -0.39 is 0 Å². The molecule has 0 aromatic heterocycles. The van der Waals surface area contributed by atoms with Crippen molar-refractivity contribution in [1.29, 1.82) is 0 Å². The molecule has 0 radical (unpaired) electrons. The molecule has 0 saturated heterocycles. The summed E-state index contributed by atoms with van der Waals surface area (Å²) in [4.78, 5) is 11.8. The molecular formula is C14H18Cl2N2O2. The van der Waals surface area contributed by atoms with E-state index in [0.29, 0.717) is 17.5 Å². The molecule has 1 aromatic carbocycles. The quantitative estimate of drug-likeness (QED) is 0.724. The number of halogens is 2. The molecule has 1 aromatic rings. The summed E-state index contributed by atoms with van der Waals surface area (Å²) in [6.45, 7) is 0.654. The smallest absolute Gasteiger partial charge is 0.319 e. The van der Waals surface area contributed by atoms with E-state index in [4.69, 9.17) is 23.2 Å². The van der Waals surface area contributed by atoms with E-state index >= 15 is 0 Å². The van der Waals surface area contributed by atoms with Crippen LogP contribution in [0.2, 0.25) is 10.0 Å². The fourth-order valence-electron chi connectivity index (χ4n) is 2.46. The number of benzene rings is 1. The number of amides is 2. The van der Waals surface area contributed by atoms with Gasteiger partial charge in [-0.15, -0.1) is 0 Å². The number of urea groups is 1. The van der Waals surface area contributed by atoms with Crippen molar-refractivity contribution < 1.29 is 9.90 Å². The van der Waals surface area contributed by atoms with Crippen LogP contribution in [-0.2, 0) is 0 Å². The first-order chi connectivity index (χ1) is 9.56. The molecule has 3 N–H and O–H groups in total. The third-order valence-corrected chi connectivity index (χ3v) is 4.06. The van der Waals surface area contributed by atoms with Gasteiger partial charge >= 0.3 is 6.03 Å². The second-order valence-electron chi connectivity index (χ2n) is 5.12. The van der Waals surface area contributed by atoms with Crippen molar-refractivity contribution in [3.05, 3.63) is 22.2 Å². The maximum absolute atomic E-state index is 11.8. The molecule has 0 unspecified atom stereocenters. The Hall–Kier alpha value is -1.13. The maximum Gasteiger partial charge on any atom is 0.319 e. The summed E-state index contributed by atoms with van der Waals surface area (Å²) >= 11 is 11.6. The van der Waals surface area contributed by atoms with Crippen molar-refractivity contribution in [2.75, 3.05) is 11.9 Å². The van der Waals surface area contributed by atoms with Gasteiger partial charge < -0.3 is 15.7 Å². The van der Waals surface area contributed by atoms with Crippen LogP contribution in [0, 0.1) is 5.92 Å². The van der Waals surface area contributed by atoms with Crippen LogP contribution in [0.1, 0.15) is 32.1 Å². The van der Waals surface area contributed by atoms with Gasteiger partial charge in [-0.25, -0.2) is 4.79 Å². The summed E-state index contributed by atoms with van der Waals surface area (Å²) in [5.41, 5.74) is 0.212. The fraction of sp³-hybridized carbons (Fsp3) is 0.500. The van der Waals surface area contributed by atoms with Gasteiger partial charge in [0.1, 0.15) is 0 Å². The lowest BCUT2D eigenvalue weighted by molar-refractivity contribution is 0.247. The Bertz CT molecular complexity index is 488. The molecule has 20 heavy (non-hydrogen) atoms. The van der Waals surface area contributed by atoms with Gasteiger partial charge in [-0.2, -0.15) is 0 Å². The lowest BCUT2D eigenvalue weighted by Crippen LogP contribution is -2.33. The molecule has 4 nitrogen and oxygen atoms in total. The van der Waals surface area contributed by atoms with Gasteiger partial charge in [-0.05, 0) is 30.9 Å². The van der Waals surface area contributed by atoms with Crippen molar-refractivity contribution >= 4 is 34.9 Å². The molecule has 1 aliphatic carbocycles.